The molecule has 2 heterocycles. The zero-order valence-electron chi connectivity index (χ0n) is 18.3. The van der Waals surface area contributed by atoms with E-state index in [-0.39, 0.29) is 35.3 Å². The molecule has 0 fully saturated rings. The van der Waals surface area contributed by atoms with E-state index in [9.17, 15) is 26.4 Å². The Balaban J connectivity index is 1.92. The van der Waals surface area contributed by atoms with E-state index in [0.717, 1.165) is 22.5 Å². The van der Waals surface area contributed by atoms with Crippen LogP contribution in [0, 0.1) is 0 Å². The van der Waals surface area contributed by atoms with Crippen molar-refractivity contribution in [3.05, 3.63) is 52.4 Å². The fourth-order valence-corrected chi connectivity index (χ4v) is 5.94. The summed E-state index contributed by atoms with van der Waals surface area (Å²) >= 11 is 0. The summed E-state index contributed by atoms with van der Waals surface area (Å²) in [6.07, 6.45) is 3.62. The number of sulfonamides is 1. The monoisotopic (exact) mass is 481 g/mol. The van der Waals surface area contributed by atoms with E-state index in [0.29, 0.717) is 25.1 Å². The van der Waals surface area contributed by atoms with E-state index in [1.54, 1.807) is 26.0 Å². The second-order valence-corrected chi connectivity index (χ2v) is 11.6. The van der Waals surface area contributed by atoms with Crippen LogP contribution < -0.4 is 10.5 Å². The van der Waals surface area contributed by atoms with Gasteiger partial charge in [0.25, 0.3) is 5.56 Å². The van der Waals surface area contributed by atoms with Gasteiger partial charge >= 0.3 is 0 Å². The quantitative estimate of drug-likeness (QED) is 0.588. The second-order valence-electron chi connectivity index (χ2n) is 7.63. The van der Waals surface area contributed by atoms with E-state index in [1.165, 1.54) is 27.5 Å². The minimum absolute atomic E-state index is 0.0505. The van der Waals surface area contributed by atoms with Gasteiger partial charge < -0.3 is 9.47 Å². The van der Waals surface area contributed by atoms with Gasteiger partial charge in [0.2, 0.25) is 15.9 Å². The summed E-state index contributed by atoms with van der Waals surface area (Å²) < 4.78 is 51.6. The minimum Gasteiger partial charge on any atom is -0.311 e. The summed E-state index contributed by atoms with van der Waals surface area (Å²) in [6.45, 7) is 4.13. The van der Waals surface area contributed by atoms with Crippen LogP contribution in [0.1, 0.15) is 25.8 Å². The molecule has 0 aliphatic carbocycles. The lowest BCUT2D eigenvalue weighted by molar-refractivity contribution is -0.119. The van der Waals surface area contributed by atoms with Gasteiger partial charge in [0.1, 0.15) is 6.54 Å². The van der Waals surface area contributed by atoms with Gasteiger partial charge in [-0.25, -0.2) is 16.8 Å². The molecule has 0 N–H and O–H groups in total. The van der Waals surface area contributed by atoms with Crippen molar-refractivity contribution in [1.29, 1.82) is 0 Å². The van der Waals surface area contributed by atoms with Crippen LogP contribution in [-0.4, -0.2) is 57.5 Å². The van der Waals surface area contributed by atoms with Crippen molar-refractivity contribution in [1.82, 2.24) is 8.87 Å². The summed E-state index contributed by atoms with van der Waals surface area (Å²) in [7, 11) is -7.15. The predicted molar refractivity (Wildman–Crippen MR) is 121 cm³/mol. The molecule has 0 atom stereocenters. The number of hydrogen-bond donors (Lipinski definition) is 0. The Kier molecular flexibility index (Phi) is 6.91. The first-order chi connectivity index (χ1) is 15.0. The highest BCUT2D eigenvalue weighted by molar-refractivity contribution is 7.90. The molecule has 174 valence electrons. The van der Waals surface area contributed by atoms with Crippen molar-refractivity contribution in [2.45, 2.75) is 43.0 Å². The van der Waals surface area contributed by atoms with Gasteiger partial charge in [-0.15, -0.1) is 0 Å². The van der Waals surface area contributed by atoms with Gasteiger partial charge in [-0.05, 0) is 42.7 Å². The van der Waals surface area contributed by atoms with E-state index < -0.39 is 25.4 Å². The Bertz CT molecular complexity index is 1300. The van der Waals surface area contributed by atoms with Crippen LogP contribution in [0.2, 0.25) is 0 Å². The van der Waals surface area contributed by atoms with Crippen LogP contribution in [0.25, 0.3) is 0 Å². The Labute approximate surface area is 188 Å². The zero-order chi connectivity index (χ0) is 23.7. The largest absolute Gasteiger partial charge is 0.311 e. The van der Waals surface area contributed by atoms with Gasteiger partial charge in [-0.1, -0.05) is 13.8 Å². The lowest BCUT2D eigenvalue weighted by Gasteiger charge is -2.30. The van der Waals surface area contributed by atoms with Gasteiger partial charge in [0, 0.05) is 43.8 Å². The highest BCUT2D eigenvalue weighted by atomic mass is 32.2. The smallest absolute Gasteiger partial charge is 0.251 e. The Morgan fingerprint density at radius 2 is 1.69 bits per heavy atom. The molecule has 1 aliphatic rings. The predicted octanol–water partition coefficient (Wildman–Crippen LogP) is 1.26. The van der Waals surface area contributed by atoms with Gasteiger partial charge in [-0.3, -0.25) is 9.59 Å². The van der Waals surface area contributed by atoms with Crippen LogP contribution in [0.5, 0.6) is 0 Å². The first-order valence-electron chi connectivity index (χ1n) is 10.3. The number of carbonyl (C=O) groups excluding carboxylic acids is 1. The molecular weight excluding hydrogens is 454 g/mol. The number of nitrogens with zero attached hydrogens (tertiary/aromatic N) is 3. The third kappa shape index (κ3) is 4.79. The summed E-state index contributed by atoms with van der Waals surface area (Å²) in [5.74, 6) is -0.377. The third-order valence-corrected chi connectivity index (χ3v) is 8.65. The number of hydrogen-bond acceptors (Lipinski definition) is 6. The van der Waals surface area contributed by atoms with Crippen LogP contribution >= 0.6 is 0 Å². The van der Waals surface area contributed by atoms with Crippen molar-refractivity contribution in [3.63, 3.8) is 0 Å². The van der Waals surface area contributed by atoms with Crippen molar-refractivity contribution in [3.8, 4) is 0 Å². The molecule has 11 heteroatoms. The first kappa shape index (κ1) is 24.1. The molecule has 0 radical (unpaired) electrons. The third-order valence-electron chi connectivity index (χ3n) is 5.50. The zero-order valence-corrected chi connectivity index (χ0v) is 19.9. The van der Waals surface area contributed by atoms with E-state index >= 15 is 0 Å². The molecule has 1 amide bonds. The number of pyridine rings is 1. The van der Waals surface area contributed by atoms with Gasteiger partial charge in [0.15, 0.2) is 9.84 Å². The number of benzene rings is 1. The minimum atomic E-state index is -3.78. The van der Waals surface area contributed by atoms with Crippen LogP contribution in [0.15, 0.2) is 51.1 Å². The normalized spacial score (nSPS) is 14.4. The van der Waals surface area contributed by atoms with Gasteiger partial charge in [-0.2, -0.15) is 4.31 Å². The molecule has 0 saturated carbocycles. The maximum absolute atomic E-state index is 13.1. The van der Waals surface area contributed by atoms with Crippen molar-refractivity contribution in [2.75, 3.05) is 30.8 Å². The molecule has 1 aromatic carbocycles. The van der Waals surface area contributed by atoms with E-state index in [4.69, 9.17) is 0 Å². The molecule has 0 saturated heterocycles. The summed E-state index contributed by atoms with van der Waals surface area (Å²) in [5, 5.41) is 0. The molecule has 2 aromatic rings. The molecule has 32 heavy (non-hydrogen) atoms. The number of fused-ring (bicyclic) bond motifs is 1. The Morgan fingerprint density at radius 1 is 1.03 bits per heavy atom. The number of anilines is 1. The van der Waals surface area contributed by atoms with Crippen molar-refractivity contribution in [2.24, 2.45) is 0 Å². The van der Waals surface area contributed by atoms with E-state index in [2.05, 4.69) is 0 Å². The maximum Gasteiger partial charge on any atom is 0.251 e. The number of carbonyl (C=O) groups is 1. The van der Waals surface area contributed by atoms with Crippen LogP contribution in [0.3, 0.4) is 0 Å². The number of rotatable bonds is 7. The fourth-order valence-electron chi connectivity index (χ4n) is 3.79. The topological polar surface area (TPSA) is 114 Å². The molecule has 0 bridgehead atoms. The average molecular weight is 482 g/mol. The Morgan fingerprint density at radius 3 is 2.31 bits per heavy atom. The number of aryl methyl sites for hydroxylation is 1. The molecule has 0 spiro atoms. The van der Waals surface area contributed by atoms with Crippen molar-refractivity contribution >= 4 is 31.5 Å². The average Bonchev–Trinajstić information content (AvgIpc) is 2.74. The van der Waals surface area contributed by atoms with Crippen LogP contribution in [-0.2, 0) is 37.6 Å². The first-order valence-corrected chi connectivity index (χ1v) is 13.7. The molecule has 9 nitrogen and oxygen atoms in total. The Hall–Kier alpha value is -2.50. The molecule has 3 rings (SSSR count). The molecule has 0 unspecified atom stereocenters. The lowest BCUT2D eigenvalue weighted by Crippen LogP contribution is -2.40. The summed E-state index contributed by atoms with van der Waals surface area (Å²) in [5.41, 5.74) is 0.868. The highest BCUT2D eigenvalue weighted by Crippen LogP contribution is 2.29. The number of aromatic nitrogens is 1. The molecule has 1 aliphatic heterocycles. The fraction of sp³-hybridized carbons (Fsp3) is 0.429. The lowest BCUT2D eigenvalue weighted by atomic mass is 10.0. The number of amides is 1. The summed E-state index contributed by atoms with van der Waals surface area (Å²) in [4.78, 5) is 27.1. The van der Waals surface area contributed by atoms with E-state index in [1.807, 2.05) is 0 Å². The molecule has 1 aromatic heterocycles. The summed E-state index contributed by atoms with van der Waals surface area (Å²) in [6, 6.07) is 7.04. The van der Waals surface area contributed by atoms with Crippen LogP contribution in [0.4, 0.5) is 5.69 Å². The highest BCUT2D eigenvalue weighted by Gasteiger charge is 2.26. The molecular formula is C21H27N3O6S2. The second kappa shape index (κ2) is 9.16. The standard InChI is InChI=1S/C21H27N3O6S2/c1-4-23(5-2)32(29,30)18-9-11-20(25)22(14-18)15-21(26)24-12-6-7-16-13-17(31(3,27)28)8-10-19(16)24/h8-11,13-14H,4-7,12,15H2,1-3H3. The van der Waals surface area contributed by atoms with Crippen molar-refractivity contribution < 1.29 is 21.6 Å². The SMILES string of the molecule is CCN(CC)S(=O)(=O)c1ccc(=O)n(CC(=O)N2CCCc3cc(S(C)(=O)=O)ccc32)c1. The maximum atomic E-state index is 13.1. The number of sulfone groups is 1. The van der Waals surface area contributed by atoms with Gasteiger partial charge in [0.05, 0.1) is 9.79 Å².